The van der Waals surface area contributed by atoms with Gasteiger partial charge in [-0.3, -0.25) is 0 Å². The third-order valence-corrected chi connectivity index (χ3v) is 4.58. The smallest absolute Gasteiger partial charge is 0.347 e. The molecule has 0 radical (unpaired) electrons. The zero-order valence-electron chi connectivity index (χ0n) is 16.6. The second-order valence-electron chi connectivity index (χ2n) is 5.81. The maximum atomic E-state index is 13.4. The van der Waals surface area contributed by atoms with Crippen molar-refractivity contribution in [3.05, 3.63) is 58.6 Å². The topological polar surface area (TPSA) is 48.4 Å². The summed E-state index contributed by atoms with van der Waals surface area (Å²) in [7, 11) is 0. The van der Waals surface area contributed by atoms with Crippen molar-refractivity contribution < 1.29 is 18.7 Å². The van der Waals surface area contributed by atoms with Crippen molar-refractivity contribution >= 4 is 39.9 Å². The molecule has 0 saturated heterocycles. The van der Waals surface area contributed by atoms with Gasteiger partial charge in [-0.05, 0) is 55.6 Å². The van der Waals surface area contributed by atoms with Crippen LogP contribution in [0.3, 0.4) is 0 Å². The first kappa shape index (κ1) is 22.9. The predicted molar refractivity (Wildman–Crippen MR) is 115 cm³/mol. The molecule has 7 heteroatoms. The van der Waals surface area contributed by atoms with E-state index in [0.29, 0.717) is 22.3 Å². The molecule has 0 saturated carbocycles. The zero-order valence-corrected chi connectivity index (χ0v) is 18.1. The number of pyridine rings is 1. The molecule has 0 aliphatic carbocycles. The molecule has 4 nitrogen and oxygen atoms in total. The number of carbonyl (C=O) groups is 1. The van der Waals surface area contributed by atoms with Crippen LogP contribution in [0.2, 0.25) is 10.2 Å². The fourth-order valence-electron chi connectivity index (χ4n) is 2.70. The Bertz CT molecular complexity index is 1010. The first-order chi connectivity index (χ1) is 13.9. The lowest BCUT2D eigenvalue weighted by Gasteiger charge is -2.15. The number of aromatic nitrogens is 1. The van der Waals surface area contributed by atoms with Gasteiger partial charge in [-0.25, -0.2) is 14.2 Å². The number of benzene rings is 2. The highest BCUT2D eigenvalue weighted by atomic mass is 35.5. The predicted octanol–water partition coefficient (Wildman–Crippen LogP) is 6.70. The summed E-state index contributed by atoms with van der Waals surface area (Å²) < 4.78 is 23.9. The Morgan fingerprint density at radius 3 is 2.48 bits per heavy atom. The van der Waals surface area contributed by atoms with Gasteiger partial charge in [0.1, 0.15) is 16.7 Å². The largest absolute Gasteiger partial charge is 0.479 e. The van der Waals surface area contributed by atoms with Crippen LogP contribution in [0.25, 0.3) is 21.9 Å². The van der Waals surface area contributed by atoms with Crippen LogP contribution in [0.15, 0.2) is 42.6 Å². The van der Waals surface area contributed by atoms with Gasteiger partial charge >= 0.3 is 5.97 Å². The van der Waals surface area contributed by atoms with Crippen molar-refractivity contribution in [2.75, 3.05) is 6.61 Å². The number of carbonyl (C=O) groups excluding carboxylic acids is 1. The molecular formula is C22H22Cl2FNO3. The molecule has 3 rings (SSSR count). The molecule has 1 aromatic heterocycles. The highest BCUT2D eigenvalue weighted by Crippen LogP contribution is 2.37. The molecule has 1 atom stereocenters. The van der Waals surface area contributed by atoms with Crippen LogP contribution >= 0.6 is 23.2 Å². The minimum absolute atomic E-state index is 0.275. The Labute approximate surface area is 179 Å². The molecule has 0 amide bonds. The molecule has 29 heavy (non-hydrogen) atoms. The van der Waals surface area contributed by atoms with Crippen LogP contribution in [-0.4, -0.2) is 23.7 Å². The van der Waals surface area contributed by atoms with E-state index in [4.69, 9.17) is 32.7 Å². The molecule has 154 valence electrons. The summed E-state index contributed by atoms with van der Waals surface area (Å²) in [5.74, 6) is -0.415. The van der Waals surface area contributed by atoms with Crippen molar-refractivity contribution in [1.29, 1.82) is 0 Å². The molecule has 2 aromatic carbocycles. The molecule has 0 spiro atoms. The van der Waals surface area contributed by atoms with Crippen LogP contribution in [0, 0.1) is 5.82 Å². The number of ether oxygens (including phenoxy) is 2. The van der Waals surface area contributed by atoms with Gasteiger partial charge in [-0.1, -0.05) is 37.0 Å². The monoisotopic (exact) mass is 437 g/mol. The van der Waals surface area contributed by atoms with Crippen LogP contribution in [0.1, 0.15) is 27.7 Å². The summed E-state index contributed by atoms with van der Waals surface area (Å²) in [6.45, 7) is 7.62. The van der Waals surface area contributed by atoms with Crippen LogP contribution in [0.4, 0.5) is 4.39 Å². The van der Waals surface area contributed by atoms with E-state index in [1.807, 2.05) is 13.8 Å². The highest BCUT2D eigenvalue weighted by molar-refractivity contribution is 6.36. The van der Waals surface area contributed by atoms with Gasteiger partial charge in [0.05, 0.1) is 11.6 Å². The molecular weight excluding hydrogens is 416 g/mol. The third-order valence-electron chi connectivity index (χ3n) is 3.96. The number of nitrogens with zero attached hydrogens (tertiary/aromatic N) is 1. The van der Waals surface area contributed by atoms with Crippen LogP contribution in [0.5, 0.6) is 5.75 Å². The van der Waals surface area contributed by atoms with Gasteiger partial charge in [0, 0.05) is 22.7 Å². The highest BCUT2D eigenvalue weighted by Gasteiger charge is 2.17. The second kappa shape index (κ2) is 10.4. The van der Waals surface area contributed by atoms with Gasteiger partial charge in [0.15, 0.2) is 6.10 Å². The Balaban J connectivity index is 0.00000145. The number of rotatable bonds is 5. The van der Waals surface area contributed by atoms with E-state index in [1.54, 1.807) is 44.3 Å². The molecule has 3 aromatic rings. The van der Waals surface area contributed by atoms with E-state index in [0.717, 1.165) is 5.39 Å². The summed E-state index contributed by atoms with van der Waals surface area (Å²) in [6, 6.07) is 9.38. The van der Waals surface area contributed by atoms with Crippen molar-refractivity contribution in [2.24, 2.45) is 0 Å². The zero-order chi connectivity index (χ0) is 21.6. The lowest BCUT2D eigenvalue weighted by molar-refractivity contribution is -0.150. The van der Waals surface area contributed by atoms with E-state index in [2.05, 4.69) is 4.98 Å². The number of hydrogen-bond donors (Lipinski definition) is 0. The quantitative estimate of drug-likeness (QED) is 0.328. The SMILES string of the molecule is CC.CCOC(=O)C(C)Oc1ccc2c(-c3ccc(F)cc3Cl)cnc(Cl)c2c1. The second-order valence-corrected chi connectivity index (χ2v) is 6.57. The van der Waals surface area contributed by atoms with Crippen molar-refractivity contribution in [2.45, 2.75) is 33.8 Å². The number of esters is 1. The minimum Gasteiger partial charge on any atom is -0.479 e. The normalized spacial score (nSPS) is 11.4. The average Bonchev–Trinajstić information content (AvgIpc) is 2.71. The van der Waals surface area contributed by atoms with Crippen molar-refractivity contribution in [3.63, 3.8) is 0 Å². The van der Waals surface area contributed by atoms with E-state index in [-0.39, 0.29) is 16.8 Å². The standard InChI is InChI=1S/C20H16Cl2FNO3.C2H6/c1-3-26-20(25)11(2)27-13-5-7-14-16(9-13)19(22)24-10-17(14)15-6-4-12(23)8-18(15)21;1-2/h4-11H,3H2,1-2H3;1-2H3. The fourth-order valence-corrected chi connectivity index (χ4v) is 3.17. The van der Waals surface area contributed by atoms with Crippen molar-refractivity contribution in [3.8, 4) is 16.9 Å². The summed E-state index contributed by atoms with van der Waals surface area (Å²) in [5, 5.41) is 1.96. The van der Waals surface area contributed by atoms with E-state index in [1.165, 1.54) is 12.1 Å². The van der Waals surface area contributed by atoms with E-state index >= 15 is 0 Å². The Kier molecular flexibility index (Phi) is 8.23. The van der Waals surface area contributed by atoms with Crippen LogP contribution in [-0.2, 0) is 9.53 Å². The summed E-state index contributed by atoms with van der Waals surface area (Å²) in [4.78, 5) is 15.9. The number of fused-ring (bicyclic) bond motifs is 1. The molecule has 0 N–H and O–H groups in total. The number of hydrogen-bond acceptors (Lipinski definition) is 4. The van der Waals surface area contributed by atoms with Gasteiger partial charge in [0.2, 0.25) is 0 Å². The minimum atomic E-state index is -0.760. The number of halogens is 3. The van der Waals surface area contributed by atoms with Gasteiger partial charge in [-0.2, -0.15) is 0 Å². The Hall–Kier alpha value is -2.37. The van der Waals surface area contributed by atoms with E-state index in [9.17, 15) is 9.18 Å². The lowest BCUT2D eigenvalue weighted by Crippen LogP contribution is -2.26. The molecule has 0 aliphatic heterocycles. The summed E-state index contributed by atoms with van der Waals surface area (Å²) in [5.41, 5.74) is 1.35. The van der Waals surface area contributed by atoms with Crippen molar-refractivity contribution in [1.82, 2.24) is 4.98 Å². The van der Waals surface area contributed by atoms with Gasteiger partial charge in [-0.15, -0.1) is 0 Å². The molecule has 1 heterocycles. The summed E-state index contributed by atoms with van der Waals surface area (Å²) in [6.07, 6.45) is 0.829. The van der Waals surface area contributed by atoms with Gasteiger partial charge < -0.3 is 9.47 Å². The molecule has 1 unspecified atom stereocenters. The Morgan fingerprint density at radius 2 is 1.83 bits per heavy atom. The maximum Gasteiger partial charge on any atom is 0.347 e. The van der Waals surface area contributed by atoms with E-state index < -0.39 is 17.9 Å². The summed E-state index contributed by atoms with van der Waals surface area (Å²) >= 11 is 12.4. The maximum absolute atomic E-state index is 13.4. The Morgan fingerprint density at radius 1 is 1.10 bits per heavy atom. The lowest BCUT2D eigenvalue weighted by atomic mass is 10.0. The molecule has 0 fully saturated rings. The molecule has 0 aliphatic rings. The van der Waals surface area contributed by atoms with Gasteiger partial charge in [0.25, 0.3) is 0 Å². The first-order valence-electron chi connectivity index (χ1n) is 9.27. The first-order valence-corrected chi connectivity index (χ1v) is 10.0. The molecule has 0 bridgehead atoms. The third kappa shape index (κ3) is 5.37. The average molecular weight is 438 g/mol. The fraction of sp³-hybridized carbons (Fsp3) is 0.273. The van der Waals surface area contributed by atoms with Crippen LogP contribution < -0.4 is 4.74 Å².